The van der Waals surface area contributed by atoms with E-state index in [0.717, 1.165) is 7.11 Å². The molecule has 0 aliphatic rings. The molecule has 0 fully saturated rings. The molecule has 0 spiro atoms. The second-order valence-corrected chi connectivity index (χ2v) is 3.50. The highest BCUT2D eigenvalue weighted by molar-refractivity contribution is 5.89. The molecule has 0 aromatic carbocycles. The summed E-state index contributed by atoms with van der Waals surface area (Å²) in [6.07, 6.45) is -8.38. The fourth-order valence-electron chi connectivity index (χ4n) is 1.37. The van der Waals surface area contributed by atoms with Crippen LogP contribution in [0.4, 0.5) is 22.0 Å². The zero-order chi connectivity index (χ0) is 16.2. The van der Waals surface area contributed by atoms with Gasteiger partial charge in [-0.25, -0.2) is 18.6 Å². The molecule has 118 valence electrons. The molecule has 0 atom stereocenters. The van der Waals surface area contributed by atoms with Gasteiger partial charge in [-0.1, -0.05) is 0 Å². The van der Waals surface area contributed by atoms with Crippen LogP contribution in [-0.4, -0.2) is 31.0 Å². The van der Waals surface area contributed by atoms with Gasteiger partial charge in [0, 0.05) is 0 Å². The van der Waals surface area contributed by atoms with E-state index in [9.17, 15) is 26.7 Å². The third-order valence-electron chi connectivity index (χ3n) is 2.11. The maximum Gasteiger partial charge on any atom is 0.573 e. The van der Waals surface area contributed by atoms with Crippen molar-refractivity contribution in [2.45, 2.75) is 19.7 Å². The van der Waals surface area contributed by atoms with Gasteiger partial charge in [-0.3, -0.25) is 0 Å². The van der Waals surface area contributed by atoms with Crippen LogP contribution in [-0.2, 0) is 4.74 Å². The Morgan fingerprint density at radius 2 is 2.00 bits per heavy atom. The summed E-state index contributed by atoms with van der Waals surface area (Å²) < 4.78 is 74.8. The Hall–Kier alpha value is -2.13. The Labute approximate surface area is 115 Å². The standard InChI is InChI=1S/C11H10F5NO4/c1-3-20-10(18)7-5(8(12)13)4-6(9(17-7)19-2)21-11(14,15)16/h4,8H,3H2,1-2H3. The van der Waals surface area contributed by atoms with Crippen LogP contribution in [0.25, 0.3) is 0 Å². The molecule has 1 aromatic heterocycles. The number of hydrogen-bond acceptors (Lipinski definition) is 5. The topological polar surface area (TPSA) is 57.7 Å². The molecule has 1 aromatic rings. The van der Waals surface area contributed by atoms with Gasteiger partial charge in [0.25, 0.3) is 12.3 Å². The molecule has 1 rings (SSSR count). The van der Waals surface area contributed by atoms with Crippen LogP contribution >= 0.6 is 0 Å². The number of halogens is 5. The number of aromatic nitrogens is 1. The average Bonchev–Trinajstić information content (AvgIpc) is 2.36. The largest absolute Gasteiger partial charge is 0.573 e. The smallest absolute Gasteiger partial charge is 0.478 e. The Balaban J connectivity index is 3.37. The van der Waals surface area contributed by atoms with E-state index in [2.05, 4.69) is 19.2 Å². The van der Waals surface area contributed by atoms with E-state index in [4.69, 9.17) is 0 Å². The van der Waals surface area contributed by atoms with E-state index < -0.39 is 41.6 Å². The molecule has 10 heteroatoms. The lowest BCUT2D eigenvalue weighted by Crippen LogP contribution is -2.19. The zero-order valence-electron chi connectivity index (χ0n) is 10.8. The van der Waals surface area contributed by atoms with Gasteiger partial charge in [-0.15, -0.1) is 13.2 Å². The van der Waals surface area contributed by atoms with Crippen molar-refractivity contribution in [3.8, 4) is 11.6 Å². The van der Waals surface area contributed by atoms with Crippen LogP contribution in [0.1, 0.15) is 29.4 Å². The van der Waals surface area contributed by atoms with Gasteiger partial charge < -0.3 is 14.2 Å². The number of hydrogen-bond donors (Lipinski definition) is 0. The summed E-state index contributed by atoms with van der Waals surface area (Å²) in [4.78, 5) is 14.8. The van der Waals surface area contributed by atoms with Crippen LogP contribution < -0.4 is 9.47 Å². The Kier molecular flexibility index (Phi) is 5.28. The number of carbonyl (C=O) groups excluding carboxylic acids is 1. The van der Waals surface area contributed by atoms with Gasteiger partial charge in [0.1, 0.15) is 0 Å². The average molecular weight is 315 g/mol. The van der Waals surface area contributed by atoms with Gasteiger partial charge in [0.05, 0.1) is 19.3 Å². The monoisotopic (exact) mass is 315 g/mol. The van der Waals surface area contributed by atoms with E-state index in [1.54, 1.807) is 0 Å². The van der Waals surface area contributed by atoms with Crippen LogP contribution in [0.3, 0.4) is 0 Å². The maximum atomic E-state index is 12.9. The molecule has 0 aliphatic heterocycles. The number of rotatable bonds is 5. The van der Waals surface area contributed by atoms with Gasteiger partial charge in [-0.2, -0.15) is 0 Å². The SMILES string of the molecule is CCOC(=O)c1nc(OC)c(OC(F)(F)F)cc1C(F)F. The van der Waals surface area contributed by atoms with E-state index in [0.29, 0.717) is 6.07 Å². The molecule has 0 saturated heterocycles. The lowest BCUT2D eigenvalue weighted by molar-refractivity contribution is -0.275. The number of esters is 1. The number of ether oxygens (including phenoxy) is 3. The lowest BCUT2D eigenvalue weighted by Gasteiger charge is -2.15. The molecule has 0 N–H and O–H groups in total. The highest BCUT2D eigenvalue weighted by Gasteiger charge is 2.35. The van der Waals surface area contributed by atoms with Crippen LogP contribution in [0.2, 0.25) is 0 Å². The summed E-state index contributed by atoms with van der Waals surface area (Å²) >= 11 is 0. The van der Waals surface area contributed by atoms with Crippen molar-refractivity contribution in [2.75, 3.05) is 13.7 Å². The van der Waals surface area contributed by atoms with Crippen molar-refractivity contribution >= 4 is 5.97 Å². The summed E-state index contributed by atoms with van der Waals surface area (Å²) in [6.45, 7) is 1.31. The van der Waals surface area contributed by atoms with Crippen LogP contribution in [0, 0.1) is 0 Å². The normalized spacial score (nSPS) is 11.4. The number of nitrogens with zero attached hydrogens (tertiary/aromatic N) is 1. The first-order valence-electron chi connectivity index (χ1n) is 5.49. The predicted octanol–water partition coefficient (Wildman–Crippen LogP) is 3.10. The maximum absolute atomic E-state index is 12.9. The third kappa shape index (κ3) is 4.43. The molecule has 0 unspecified atom stereocenters. The third-order valence-corrected chi connectivity index (χ3v) is 2.11. The van der Waals surface area contributed by atoms with E-state index in [-0.39, 0.29) is 6.61 Å². The molecular formula is C11H10F5NO4. The zero-order valence-corrected chi connectivity index (χ0v) is 10.8. The van der Waals surface area contributed by atoms with Crippen LogP contribution in [0.5, 0.6) is 11.6 Å². The second-order valence-electron chi connectivity index (χ2n) is 3.50. The second kappa shape index (κ2) is 6.55. The minimum absolute atomic E-state index is 0.119. The highest BCUT2D eigenvalue weighted by atomic mass is 19.4. The Bertz CT molecular complexity index is 518. The van der Waals surface area contributed by atoms with Crippen molar-refractivity contribution < 1.29 is 41.0 Å². The van der Waals surface area contributed by atoms with Gasteiger partial charge in [0.15, 0.2) is 11.4 Å². The molecule has 1 heterocycles. The van der Waals surface area contributed by atoms with Crippen molar-refractivity contribution in [2.24, 2.45) is 0 Å². The molecule has 0 saturated carbocycles. The quantitative estimate of drug-likeness (QED) is 0.617. The summed E-state index contributed by atoms with van der Waals surface area (Å²) in [5.41, 5.74) is -1.88. The summed E-state index contributed by atoms with van der Waals surface area (Å²) in [5, 5.41) is 0. The number of methoxy groups -OCH3 is 1. The van der Waals surface area contributed by atoms with Crippen LogP contribution in [0.15, 0.2) is 6.07 Å². The molecule has 5 nitrogen and oxygen atoms in total. The molecule has 0 aliphatic carbocycles. The number of pyridine rings is 1. The predicted molar refractivity (Wildman–Crippen MR) is 58.4 cm³/mol. The minimum Gasteiger partial charge on any atom is -0.478 e. The molecular weight excluding hydrogens is 305 g/mol. The van der Waals surface area contributed by atoms with Crippen molar-refractivity contribution in [3.05, 3.63) is 17.3 Å². The first-order valence-corrected chi connectivity index (χ1v) is 5.49. The van der Waals surface area contributed by atoms with Crippen molar-refractivity contribution in [3.63, 3.8) is 0 Å². The van der Waals surface area contributed by atoms with Gasteiger partial charge in [0.2, 0.25) is 0 Å². The highest BCUT2D eigenvalue weighted by Crippen LogP contribution is 2.35. The first-order chi connectivity index (χ1) is 9.69. The Morgan fingerprint density at radius 3 is 2.43 bits per heavy atom. The fraction of sp³-hybridized carbons (Fsp3) is 0.455. The summed E-state index contributed by atoms with van der Waals surface area (Å²) in [6, 6.07) is 0.343. The molecule has 0 radical (unpaired) electrons. The van der Waals surface area contributed by atoms with E-state index >= 15 is 0 Å². The number of carbonyl (C=O) groups is 1. The van der Waals surface area contributed by atoms with E-state index in [1.807, 2.05) is 0 Å². The molecule has 21 heavy (non-hydrogen) atoms. The lowest BCUT2D eigenvalue weighted by atomic mass is 10.2. The van der Waals surface area contributed by atoms with Crippen molar-refractivity contribution in [1.82, 2.24) is 4.98 Å². The van der Waals surface area contributed by atoms with E-state index in [1.165, 1.54) is 6.92 Å². The van der Waals surface area contributed by atoms with Gasteiger partial charge >= 0.3 is 12.3 Å². The number of alkyl halides is 5. The van der Waals surface area contributed by atoms with Gasteiger partial charge in [-0.05, 0) is 13.0 Å². The fourth-order valence-corrected chi connectivity index (χ4v) is 1.37. The summed E-state index contributed by atoms with van der Waals surface area (Å²) in [5.74, 6) is -3.04. The Morgan fingerprint density at radius 1 is 1.38 bits per heavy atom. The minimum atomic E-state index is -5.13. The summed E-state index contributed by atoms with van der Waals surface area (Å²) in [7, 11) is 0.947. The first kappa shape index (κ1) is 16.9. The molecule has 0 bridgehead atoms. The van der Waals surface area contributed by atoms with Crippen molar-refractivity contribution in [1.29, 1.82) is 0 Å². The molecule has 0 amide bonds.